The van der Waals surface area contributed by atoms with Crippen LogP contribution in [-0.2, 0) is 0 Å². The SMILES string of the molecule is CCC(CC)C(C)NC(=O)c1ccc(N)c(O)c1. The van der Waals surface area contributed by atoms with Crippen LogP contribution in [0.5, 0.6) is 5.75 Å². The molecule has 18 heavy (non-hydrogen) atoms. The highest BCUT2D eigenvalue weighted by molar-refractivity contribution is 5.95. The fourth-order valence-corrected chi connectivity index (χ4v) is 2.09. The maximum absolute atomic E-state index is 12.0. The molecule has 100 valence electrons. The first-order chi connectivity index (χ1) is 8.49. The van der Waals surface area contributed by atoms with Gasteiger partial charge < -0.3 is 16.2 Å². The minimum Gasteiger partial charge on any atom is -0.506 e. The first kappa shape index (κ1) is 14.4. The van der Waals surface area contributed by atoms with Crippen molar-refractivity contribution in [3.8, 4) is 5.75 Å². The molecular formula is C14H22N2O2. The second-order valence-corrected chi connectivity index (χ2v) is 4.61. The number of rotatable bonds is 5. The molecule has 0 aliphatic carbocycles. The molecule has 0 aliphatic rings. The van der Waals surface area contributed by atoms with Crippen molar-refractivity contribution >= 4 is 11.6 Å². The summed E-state index contributed by atoms with van der Waals surface area (Å²) in [6, 6.07) is 4.66. The number of hydrogen-bond donors (Lipinski definition) is 3. The minimum atomic E-state index is -0.176. The van der Waals surface area contributed by atoms with Crippen LogP contribution in [0.2, 0.25) is 0 Å². The molecule has 1 amide bonds. The highest BCUT2D eigenvalue weighted by Crippen LogP contribution is 2.21. The van der Waals surface area contributed by atoms with Crippen LogP contribution in [0.1, 0.15) is 44.0 Å². The lowest BCUT2D eigenvalue weighted by molar-refractivity contribution is 0.0925. The second-order valence-electron chi connectivity index (χ2n) is 4.61. The van der Waals surface area contributed by atoms with Crippen molar-refractivity contribution in [3.63, 3.8) is 0 Å². The van der Waals surface area contributed by atoms with Crippen molar-refractivity contribution < 1.29 is 9.90 Å². The average molecular weight is 250 g/mol. The lowest BCUT2D eigenvalue weighted by atomic mass is 9.95. The smallest absolute Gasteiger partial charge is 0.251 e. The Balaban J connectivity index is 2.73. The van der Waals surface area contributed by atoms with Crippen molar-refractivity contribution in [3.05, 3.63) is 23.8 Å². The Morgan fingerprint density at radius 1 is 1.39 bits per heavy atom. The molecule has 0 fully saturated rings. The van der Waals surface area contributed by atoms with E-state index in [1.165, 1.54) is 12.1 Å². The molecule has 1 aromatic rings. The molecule has 4 heteroatoms. The third kappa shape index (κ3) is 3.39. The molecule has 1 aromatic carbocycles. The fourth-order valence-electron chi connectivity index (χ4n) is 2.09. The van der Waals surface area contributed by atoms with Crippen LogP contribution in [0, 0.1) is 5.92 Å². The van der Waals surface area contributed by atoms with Gasteiger partial charge in [0.2, 0.25) is 0 Å². The Morgan fingerprint density at radius 2 is 2.00 bits per heavy atom. The monoisotopic (exact) mass is 250 g/mol. The van der Waals surface area contributed by atoms with E-state index in [1.54, 1.807) is 6.07 Å². The van der Waals surface area contributed by atoms with Crippen molar-refractivity contribution in [2.75, 3.05) is 5.73 Å². The van der Waals surface area contributed by atoms with E-state index < -0.39 is 0 Å². The quantitative estimate of drug-likeness (QED) is 0.555. The Kier molecular flexibility index (Phi) is 5.01. The van der Waals surface area contributed by atoms with Gasteiger partial charge >= 0.3 is 0 Å². The molecule has 0 aromatic heterocycles. The number of benzene rings is 1. The zero-order valence-corrected chi connectivity index (χ0v) is 11.2. The molecular weight excluding hydrogens is 228 g/mol. The van der Waals surface area contributed by atoms with Gasteiger partial charge in [-0.2, -0.15) is 0 Å². The number of nitrogens with one attached hydrogen (secondary N) is 1. The highest BCUT2D eigenvalue weighted by Gasteiger charge is 2.17. The largest absolute Gasteiger partial charge is 0.506 e. The number of hydrogen-bond acceptors (Lipinski definition) is 3. The summed E-state index contributed by atoms with van der Waals surface area (Å²) >= 11 is 0. The predicted octanol–water partition coefficient (Wildman–Crippen LogP) is 2.53. The third-order valence-electron chi connectivity index (χ3n) is 3.41. The van der Waals surface area contributed by atoms with E-state index in [9.17, 15) is 9.90 Å². The van der Waals surface area contributed by atoms with Crippen molar-refractivity contribution in [2.24, 2.45) is 5.92 Å². The minimum absolute atomic E-state index is 0.0576. The number of carbonyl (C=O) groups excluding carboxylic acids is 1. The molecule has 0 radical (unpaired) electrons. The van der Waals surface area contributed by atoms with Gasteiger partial charge in [-0.3, -0.25) is 4.79 Å². The van der Waals surface area contributed by atoms with Crippen LogP contribution in [0.15, 0.2) is 18.2 Å². The van der Waals surface area contributed by atoms with Crippen LogP contribution < -0.4 is 11.1 Å². The van der Waals surface area contributed by atoms with E-state index in [1.807, 2.05) is 6.92 Å². The predicted molar refractivity (Wildman–Crippen MR) is 73.5 cm³/mol. The summed E-state index contributed by atoms with van der Waals surface area (Å²) in [5.74, 6) is 0.235. The van der Waals surface area contributed by atoms with Gasteiger partial charge in [0.25, 0.3) is 5.91 Å². The second kappa shape index (κ2) is 6.28. The van der Waals surface area contributed by atoms with Crippen molar-refractivity contribution in [1.29, 1.82) is 0 Å². The Labute approximate surface area is 108 Å². The fraction of sp³-hybridized carbons (Fsp3) is 0.500. The molecule has 4 N–H and O–H groups in total. The van der Waals surface area contributed by atoms with Gasteiger partial charge in [0.15, 0.2) is 0 Å². The number of phenols is 1. The zero-order valence-electron chi connectivity index (χ0n) is 11.2. The summed E-state index contributed by atoms with van der Waals surface area (Å²) in [5.41, 5.74) is 6.21. The first-order valence-corrected chi connectivity index (χ1v) is 6.38. The van der Waals surface area contributed by atoms with E-state index >= 15 is 0 Å². The summed E-state index contributed by atoms with van der Waals surface area (Å²) in [5, 5.41) is 12.4. The van der Waals surface area contributed by atoms with Crippen molar-refractivity contribution in [1.82, 2.24) is 5.32 Å². The number of aromatic hydroxyl groups is 1. The van der Waals surface area contributed by atoms with E-state index in [2.05, 4.69) is 19.2 Å². The third-order valence-corrected chi connectivity index (χ3v) is 3.41. The van der Waals surface area contributed by atoms with E-state index in [4.69, 9.17) is 5.73 Å². The van der Waals surface area contributed by atoms with Crippen LogP contribution >= 0.6 is 0 Å². The average Bonchev–Trinajstić information content (AvgIpc) is 2.34. The highest BCUT2D eigenvalue weighted by atomic mass is 16.3. The number of nitrogens with two attached hydrogens (primary N) is 1. The molecule has 1 atom stereocenters. The maximum atomic E-state index is 12.0. The van der Waals surface area contributed by atoms with Crippen molar-refractivity contribution in [2.45, 2.75) is 39.7 Å². The number of phenolic OH excluding ortho intramolecular Hbond substituents is 1. The van der Waals surface area contributed by atoms with Gasteiger partial charge in [-0.15, -0.1) is 0 Å². The summed E-state index contributed by atoms with van der Waals surface area (Å²) in [4.78, 5) is 12.0. The van der Waals surface area contributed by atoms with E-state index in [-0.39, 0.29) is 23.4 Å². The Bertz CT molecular complexity index is 414. The molecule has 0 aliphatic heterocycles. The maximum Gasteiger partial charge on any atom is 0.251 e. The number of amides is 1. The van der Waals surface area contributed by atoms with Gasteiger partial charge in [0.1, 0.15) is 5.75 Å². The lowest BCUT2D eigenvalue weighted by Crippen LogP contribution is -2.37. The van der Waals surface area contributed by atoms with Gasteiger partial charge in [0.05, 0.1) is 5.69 Å². The Hall–Kier alpha value is -1.71. The number of carbonyl (C=O) groups is 1. The summed E-state index contributed by atoms with van der Waals surface area (Å²) < 4.78 is 0. The molecule has 0 bridgehead atoms. The molecule has 0 saturated heterocycles. The van der Waals surface area contributed by atoms with Gasteiger partial charge in [-0.05, 0) is 31.0 Å². The van der Waals surface area contributed by atoms with Gasteiger partial charge in [-0.25, -0.2) is 0 Å². The molecule has 4 nitrogen and oxygen atoms in total. The molecule has 0 saturated carbocycles. The molecule has 0 spiro atoms. The normalized spacial score (nSPS) is 12.4. The van der Waals surface area contributed by atoms with Gasteiger partial charge in [0, 0.05) is 11.6 Å². The van der Waals surface area contributed by atoms with Gasteiger partial charge in [-0.1, -0.05) is 26.7 Å². The molecule has 0 heterocycles. The first-order valence-electron chi connectivity index (χ1n) is 6.38. The summed E-state index contributed by atoms with van der Waals surface area (Å²) in [7, 11) is 0. The molecule has 1 rings (SSSR count). The van der Waals surface area contributed by atoms with Crippen LogP contribution in [0.3, 0.4) is 0 Å². The Morgan fingerprint density at radius 3 is 2.50 bits per heavy atom. The standard InChI is InChI=1S/C14H22N2O2/c1-4-10(5-2)9(3)16-14(18)11-6-7-12(15)13(17)8-11/h6-10,17H,4-5,15H2,1-3H3,(H,16,18). The van der Waals surface area contributed by atoms with Crippen LogP contribution in [0.4, 0.5) is 5.69 Å². The lowest BCUT2D eigenvalue weighted by Gasteiger charge is -2.22. The number of nitrogen functional groups attached to an aromatic ring is 1. The zero-order chi connectivity index (χ0) is 13.7. The van der Waals surface area contributed by atoms with E-state index in [0.29, 0.717) is 11.5 Å². The van der Waals surface area contributed by atoms with Crippen LogP contribution in [0.25, 0.3) is 0 Å². The summed E-state index contributed by atoms with van der Waals surface area (Å²) in [6.45, 7) is 6.24. The topological polar surface area (TPSA) is 75.4 Å². The van der Waals surface area contributed by atoms with Crippen LogP contribution in [-0.4, -0.2) is 17.1 Å². The van der Waals surface area contributed by atoms with E-state index in [0.717, 1.165) is 12.8 Å². The summed E-state index contributed by atoms with van der Waals surface area (Å²) in [6.07, 6.45) is 2.07. The number of anilines is 1. The molecule has 1 unspecified atom stereocenters.